The van der Waals surface area contributed by atoms with Gasteiger partial charge in [-0.15, -0.1) is 0 Å². The molecule has 0 radical (unpaired) electrons. The van der Waals surface area contributed by atoms with E-state index >= 15 is 0 Å². The zero-order chi connectivity index (χ0) is 15.7. The van der Waals surface area contributed by atoms with Crippen LogP contribution in [0.25, 0.3) is 0 Å². The van der Waals surface area contributed by atoms with Crippen LogP contribution in [-0.4, -0.2) is 62.2 Å². The van der Waals surface area contributed by atoms with Crippen molar-refractivity contribution in [3.05, 3.63) is 29.8 Å². The van der Waals surface area contributed by atoms with Gasteiger partial charge in [0.25, 0.3) is 5.91 Å². The van der Waals surface area contributed by atoms with E-state index in [9.17, 15) is 18.0 Å². The molecule has 0 bridgehead atoms. The molecule has 2 saturated heterocycles. The predicted octanol–water partition coefficient (Wildman–Crippen LogP) is -0.347. The van der Waals surface area contributed by atoms with E-state index in [0.29, 0.717) is 12.1 Å². The van der Waals surface area contributed by atoms with E-state index in [-0.39, 0.29) is 29.8 Å². The number of nitrogens with zero attached hydrogens (tertiary/aromatic N) is 2. The van der Waals surface area contributed by atoms with Crippen LogP contribution in [0.1, 0.15) is 16.8 Å². The van der Waals surface area contributed by atoms with Crippen LogP contribution < -0.4 is 5.32 Å². The minimum absolute atomic E-state index is 0.0763. The van der Waals surface area contributed by atoms with Crippen LogP contribution in [0.15, 0.2) is 29.2 Å². The molecule has 0 atom stereocenters. The molecular formula is C14H17N3O4S. The third kappa shape index (κ3) is 2.71. The highest BCUT2D eigenvalue weighted by Gasteiger charge is 2.29. The molecule has 118 valence electrons. The van der Waals surface area contributed by atoms with Crippen LogP contribution in [0.3, 0.4) is 0 Å². The summed E-state index contributed by atoms with van der Waals surface area (Å²) in [4.78, 5) is 25.2. The number of piperazine rings is 1. The SMILES string of the molecule is O=C1CN(S(=O)(=O)c2ccc(C(=O)N3CCC3)cc2)CCN1. The Hall–Kier alpha value is -1.93. The van der Waals surface area contributed by atoms with Crippen molar-refractivity contribution in [1.82, 2.24) is 14.5 Å². The zero-order valence-corrected chi connectivity index (χ0v) is 12.8. The second-order valence-corrected chi connectivity index (χ2v) is 7.30. The van der Waals surface area contributed by atoms with Crippen molar-refractivity contribution in [2.75, 3.05) is 32.7 Å². The van der Waals surface area contributed by atoms with Crippen molar-refractivity contribution in [2.45, 2.75) is 11.3 Å². The lowest BCUT2D eigenvalue weighted by Crippen LogP contribution is -2.49. The summed E-state index contributed by atoms with van der Waals surface area (Å²) in [5.41, 5.74) is 0.482. The Morgan fingerprint density at radius 3 is 2.32 bits per heavy atom. The maximum absolute atomic E-state index is 12.5. The first-order valence-electron chi connectivity index (χ1n) is 7.15. The summed E-state index contributed by atoms with van der Waals surface area (Å²) in [6.07, 6.45) is 1.01. The van der Waals surface area contributed by atoms with E-state index in [1.54, 1.807) is 4.90 Å². The van der Waals surface area contributed by atoms with Gasteiger partial charge >= 0.3 is 0 Å². The van der Waals surface area contributed by atoms with Crippen molar-refractivity contribution in [3.63, 3.8) is 0 Å². The fraction of sp³-hybridized carbons (Fsp3) is 0.429. The average molecular weight is 323 g/mol. The number of sulfonamides is 1. The highest BCUT2D eigenvalue weighted by Crippen LogP contribution is 2.19. The number of hydrogen-bond acceptors (Lipinski definition) is 4. The maximum atomic E-state index is 12.5. The fourth-order valence-electron chi connectivity index (χ4n) is 2.44. The average Bonchev–Trinajstić information content (AvgIpc) is 2.45. The molecule has 0 aromatic heterocycles. The molecule has 2 aliphatic heterocycles. The first-order chi connectivity index (χ1) is 10.5. The van der Waals surface area contributed by atoms with E-state index in [1.165, 1.54) is 24.3 Å². The van der Waals surface area contributed by atoms with Crippen molar-refractivity contribution in [1.29, 1.82) is 0 Å². The lowest BCUT2D eigenvalue weighted by atomic mass is 10.1. The molecule has 7 nitrogen and oxygen atoms in total. The van der Waals surface area contributed by atoms with Gasteiger partial charge in [-0.25, -0.2) is 8.42 Å². The van der Waals surface area contributed by atoms with Crippen LogP contribution in [0.5, 0.6) is 0 Å². The van der Waals surface area contributed by atoms with Crippen molar-refractivity contribution < 1.29 is 18.0 Å². The number of carbonyl (C=O) groups excluding carboxylic acids is 2. The lowest BCUT2D eigenvalue weighted by molar-refractivity contribution is -0.122. The number of likely N-dealkylation sites (tertiary alicyclic amines) is 1. The van der Waals surface area contributed by atoms with Gasteiger partial charge in [-0.1, -0.05) is 0 Å². The monoisotopic (exact) mass is 323 g/mol. The zero-order valence-electron chi connectivity index (χ0n) is 12.0. The molecule has 0 unspecified atom stereocenters. The van der Waals surface area contributed by atoms with Gasteiger partial charge in [0.05, 0.1) is 11.4 Å². The number of nitrogens with one attached hydrogen (secondary N) is 1. The standard InChI is InChI=1S/C14H17N3O4S/c18-13-10-17(9-6-15-13)22(20,21)12-4-2-11(3-5-12)14(19)16-7-1-8-16/h2-5H,1,6-10H2,(H,15,18). The first kappa shape index (κ1) is 15.0. The van der Waals surface area contributed by atoms with Gasteiger partial charge in [0.2, 0.25) is 15.9 Å². The Kier molecular flexibility index (Phi) is 3.88. The van der Waals surface area contributed by atoms with Crippen molar-refractivity contribution in [3.8, 4) is 0 Å². The number of rotatable bonds is 3. The van der Waals surface area contributed by atoms with E-state index in [4.69, 9.17) is 0 Å². The Labute approximate surface area is 128 Å². The summed E-state index contributed by atoms with van der Waals surface area (Å²) in [7, 11) is -3.70. The lowest BCUT2D eigenvalue weighted by Gasteiger charge is -2.31. The van der Waals surface area contributed by atoms with Gasteiger partial charge < -0.3 is 10.2 Å². The number of carbonyl (C=O) groups is 2. The summed E-state index contributed by atoms with van der Waals surface area (Å²) < 4.78 is 26.1. The van der Waals surface area contributed by atoms with Gasteiger partial charge in [-0.2, -0.15) is 4.31 Å². The molecule has 0 saturated carbocycles. The van der Waals surface area contributed by atoms with Crippen LogP contribution in [0.2, 0.25) is 0 Å². The Bertz CT molecular complexity index is 695. The Morgan fingerprint density at radius 2 is 1.77 bits per heavy atom. The molecule has 1 aromatic rings. The molecule has 22 heavy (non-hydrogen) atoms. The van der Waals surface area contributed by atoms with Crippen molar-refractivity contribution in [2.24, 2.45) is 0 Å². The molecule has 1 aromatic carbocycles. The quantitative estimate of drug-likeness (QED) is 0.824. The normalized spacial score (nSPS) is 19.5. The maximum Gasteiger partial charge on any atom is 0.253 e. The predicted molar refractivity (Wildman–Crippen MR) is 78.7 cm³/mol. The number of hydrogen-bond donors (Lipinski definition) is 1. The van der Waals surface area contributed by atoms with Crippen LogP contribution >= 0.6 is 0 Å². The van der Waals surface area contributed by atoms with Crippen molar-refractivity contribution >= 4 is 21.8 Å². The number of benzene rings is 1. The van der Waals surface area contributed by atoms with E-state index in [2.05, 4.69) is 5.32 Å². The molecule has 8 heteroatoms. The van der Waals surface area contributed by atoms with E-state index in [1.807, 2.05) is 0 Å². The second-order valence-electron chi connectivity index (χ2n) is 5.36. The number of amides is 2. The summed E-state index contributed by atoms with van der Waals surface area (Å²) in [5, 5.41) is 2.59. The molecule has 2 amide bonds. The van der Waals surface area contributed by atoms with Crippen LogP contribution in [-0.2, 0) is 14.8 Å². The molecule has 1 N–H and O–H groups in total. The topological polar surface area (TPSA) is 86.8 Å². The molecule has 0 aliphatic carbocycles. The van der Waals surface area contributed by atoms with Gasteiger partial charge in [0.15, 0.2) is 0 Å². The van der Waals surface area contributed by atoms with Gasteiger partial charge in [0.1, 0.15) is 0 Å². The molecule has 2 heterocycles. The minimum Gasteiger partial charge on any atom is -0.354 e. The molecule has 2 aliphatic rings. The van der Waals surface area contributed by atoms with E-state index in [0.717, 1.165) is 23.8 Å². The largest absolute Gasteiger partial charge is 0.354 e. The minimum atomic E-state index is -3.70. The summed E-state index contributed by atoms with van der Waals surface area (Å²) in [6.45, 7) is 1.90. The molecule has 0 spiro atoms. The Morgan fingerprint density at radius 1 is 1.09 bits per heavy atom. The highest BCUT2D eigenvalue weighted by atomic mass is 32.2. The third-order valence-corrected chi connectivity index (χ3v) is 5.75. The summed E-state index contributed by atoms with van der Waals surface area (Å²) in [6, 6.07) is 5.90. The van der Waals surface area contributed by atoms with E-state index < -0.39 is 10.0 Å². The van der Waals surface area contributed by atoms with Gasteiger partial charge in [-0.3, -0.25) is 9.59 Å². The molecule has 3 rings (SSSR count). The Balaban J connectivity index is 1.79. The first-order valence-corrected chi connectivity index (χ1v) is 8.59. The third-order valence-electron chi connectivity index (χ3n) is 3.89. The second kappa shape index (κ2) is 5.69. The summed E-state index contributed by atoms with van der Waals surface area (Å²) >= 11 is 0. The van der Waals surface area contributed by atoms with Crippen LogP contribution in [0.4, 0.5) is 0 Å². The summed E-state index contributed by atoms with van der Waals surface area (Å²) in [5.74, 6) is -0.382. The van der Waals surface area contributed by atoms with Crippen LogP contribution in [0, 0.1) is 0 Å². The smallest absolute Gasteiger partial charge is 0.253 e. The molecular weight excluding hydrogens is 306 g/mol. The van der Waals surface area contributed by atoms with Gasteiger partial charge in [-0.05, 0) is 30.7 Å². The molecule has 2 fully saturated rings. The highest BCUT2D eigenvalue weighted by molar-refractivity contribution is 7.89. The fourth-order valence-corrected chi connectivity index (χ4v) is 3.84. The van der Waals surface area contributed by atoms with Gasteiger partial charge in [0, 0.05) is 31.7 Å².